The summed E-state index contributed by atoms with van der Waals surface area (Å²) in [6.45, 7) is 4.41. The maximum Gasteiger partial charge on any atom is 0.0254 e. The molecule has 1 saturated carbocycles. The van der Waals surface area contributed by atoms with Gasteiger partial charge in [-0.3, -0.25) is 0 Å². The van der Waals surface area contributed by atoms with Crippen LogP contribution < -0.4 is 5.73 Å². The smallest absolute Gasteiger partial charge is 0.0254 e. The van der Waals surface area contributed by atoms with E-state index in [-0.39, 0.29) is 5.54 Å². The molecule has 0 amide bonds. The van der Waals surface area contributed by atoms with Crippen LogP contribution in [0.25, 0.3) is 0 Å². The van der Waals surface area contributed by atoms with Crippen LogP contribution in [-0.4, -0.2) is 5.54 Å². The van der Waals surface area contributed by atoms with Gasteiger partial charge in [-0.25, -0.2) is 0 Å². The first-order valence-corrected chi connectivity index (χ1v) is 5.87. The normalized spacial score (nSPS) is 30.8. The Morgan fingerprint density at radius 3 is 2.71 bits per heavy atom. The molecular weight excluding hydrogens is 238 g/mol. The van der Waals surface area contributed by atoms with E-state index in [2.05, 4.69) is 54.0 Å². The third-order valence-electron chi connectivity index (χ3n) is 3.37. The molecule has 1 aromatic carbocycles. The van der Waals surface area contributed by atoms with Crippen molar-refractivity contribution in [2.45, 2.75) is 31.7 Å². The molecule has 2 N–H and O–H groups in total. The molecule has 0 bridgehead atoms. The average Bonchev–Trinajstić information content (AvgIpc) is 2.80. The van der Waals surface area contributed by atoms with E-state index in [0.29, 0.717) is 11.8 Å². The summed E-state index contributed by atoms with van der Waals surface area (Å²) in [6.07, 6.45) is 1.13. The Bertz CT molecular complexity index is 348. The topological polar surface area (TPSA) is 26.0 Å². The fourth-order valence-corrected chi connectivity index (χ4v) is 2.50. The van der Waals surface area contributed by atoms with Crippen molar-refractivity contribution in [2.75, 3.05) is 0 Å². The van der Waals surface area contributed by atoms with Gasteiger partial charge in [0.2, 0.25) is 0 Å². The van der Waals surface area contributed by atoms with Gasteiger partial charge in [0, 0.05) is 15.9 Å². The quantitative estimate of drug-likeness (QED) is 0.861. The van der Waals surface area contributed by atoms with Crippen molar-refractivity contribution < 1.29 is 0 Å². The van der Waals surface area contributed by atoms with Gasteiger partial charge in [0.05, 0.1) is 0 Å². The lowest BCUT2D eigenvalue weighted by atomic mass is 9.97. The van der Waals surface area contributed by atoms with E-state index in [1.807, 2.05) is 0 Å². The Labute approximate surface area is 93.8 Å². The van der Waals surface area contributed by atoms with Crippen LogP contribution in [0, 0.1) is 5.92 Å². The van der Waals surface area contributed by atoms with E-state index in [4.69, 9.17) is 5.73 Å². The summed E-state index contributed by atoms with van der Waals surface area (Å²) >= 11 is 3.49. The highest BCUT2D eigenvalue weighted by atomic mass is 79.9. The predicted molar refractivity (Wildman–Crippen MR) is 63.3 cm³/mol. The summed E-state index contributed by atoms with van der Waals surface area (Å²) in [4.78, 5) is 0. The predicted octanol–water partition coefficient (Wildman–Crippen LogP) is 3.29. The third kappa shape index (κ3) is 1.61. The monoisotopic (exact) mass is 253 g/mol. The van der Waals surface area contributed by atoms with Crippen molar-refractivity contribution in [3.8, 4) is 0 Å². The average molecular weight is 254 g/mol. The summed E-state index contributed by atoms with van der Waals surface area (Å²) in [5.74, 6) is 1.12. The van der Waals surface area contributed by atoms with Crippen LogP contribution in [0.15, 0.2) is 28.7 Å². The van der Waals surface area contributed by atoms with Crippen LogP contribution in [0.1, 0.15) is 31.7 Å². The number of benzene rings is 1. The maximum absolute atomic E-state index is 6.30. The fraction of sp³-hybridized carbons (Fsp3) is 0.500. The molecule has 1 nitrogen and oxygen atoms in total. The van der Waals surface area contributed by atoms with E-state index in [1.165, 1.54) is 5.56 Å². The Hall–Kier alpha value is -0.340. The number of nitrogens with two attached hydrogens (primary N) is 1. The highest BCUT2D eigenvalue weighted by Crippen LogP contribution is 2.53. The summed E-state index contributed by atoms with van der Waals surface area (Å²) in [5, 5.41) is 0. The Balaban J connectivity index is 2.21. The number of hydrogen-bond acceptors (Lipinski definition) is 1. The zero-order chi connectivity index (χ0) is 10.3. The summed E-state index contributed by atoms with van der Waals surface area (Å²) in [5.41, 5.74) is 7.71. The second-order valence-corrected chi connectivity index (χ2v) is 5.49. The van der Waals surface area contributed by atoms with Crippen molar-refractivity contribution in [3.05, 3.63) is 34.3 Å². The molecule has 1 aromatic rings. The molecule has 2 unspecified atom stereocenters. The molecule has 2 heteroatoms. The summed E-state index contributed by atoms with van der Waals surface area (Å²) in [6, 6.07) is 8.49. The lowest BCUT2D eigenvalue weighted by Crippen LogP contribution is -2.30. The highest BCUT2D eigenvalue weighted by molar-refractivity contribution is 9.10. The molecule has 0 radical (unpaired) electrons. The molecule has 76 valence electrons. The van der Waals surface area contributed by atoms with Gasteiger partial charge in [0.1, 0.15) is 0 Å². The van der Waals surface area contributed by atoms with Crippen LogP contribution in [0.5, 0.6) is 0 Å². The first-order chi connectivity index (χ1) is 6.54. The fourth-order valence-electron chi connectivity index (χ4n) is 2.08. The Morgan fingerprint density at radius 1 is 1.50 bits per heavy atom. The van der Waals surface area contributed by atoms with Crippen molar-refractivity contribution >= 4 is 15.9 Å². The number of rotatable bonds is 2. The van der Waals surface area contributed by atoms with Crippen molar-refractivity contribution in [1.82, 2.24) is 0 Å². The van der Waals surface area contributed by atoms with Gasteiger partial charge in [0.25, 0.3) is 0 Å². The standard InChI is InChI=1S/C12H16BrN/c1-8(2)12(14)7-11(12)9-4-3-5-10(13)6-9/h3-6,8,11H,7,14H2,1-2H3. The Kier molecular flexibility index (Phi) is 2.44. The van der Waals surface area contributed by atoms with Crippen molar-refractivity contribution in [3.63, 3.8) is 0 Å². The minimum atomic E-state index is 0.0425. The first-order valence-electron chi connectivity index (χ1n) is 5.08. The molecule has 1 aliphatic carbocycles. The zero-order valence-electron chi connectivity index (χ0n) is 8.63. The van der Waals surface area contributed by atoms with Gasteiger partial charge in [-0.2, -0.15) is 0 Å². The lowest BCUT2D eigenvalue weighted by molar-refractivity contribution is 0.464. The first kappa shape index (κ1) is 10.2. The van der Waals surface area contributed by atoms with E-state index in [0.717, 1.165) is 10.9 Å². The molecule has 0 aliphatic heterocycles. The molecule has 0 saturated heterocycles. The largest absolute Gasteiger partial charge is 0.324 e. The van der Waals surface area contributed by atoms with Gasteiger partial charge >= 0.3 is 0 Å². The second-order valence-electron chi connectivity index (χ2n) is 4.58. The molecule has 14 heavy (non-hydrogen) atoms. The van der Waals surface area contributed by atoms with Crippen LogP contribution in [0.2, 0.25) is 0 Å². The third-order valence-corrected chi connectivity index (χ3v) is 3.87. The zero-order valence-corrected chi connectivity index (χ0v) is 10.2. The second kappa shape index (κ2) is 3.35. The minimum Gasteiger partial charge on any atom is -0.324 e. The Morgan fingerprint density at radius 2 is 2.21 bits per heavy atom. The molecule has 2 rings (SSSR count). The molecule has 1 fully saturated rings. The van der Waals surface area contributed by atoms with Gasteiger partial charge in [0.15, 0.2) is 0 Å². The number of hydrogen-bond donors (Lipinski definition) is 1. The molecule has 1 aliphatic rings. The van der Waals surface area contributed by atoms with E-state index in [9.17, 15) is 0 Å². The lowest BCUT2D eigenvalue weighted by Gasteiger charge is -2.15. The minimum absolute atomic E-state index is 0.0425. The maximum atomic E-state index is 6.30. The summed E-state index contributed by atoms with van der Waals surface area (Å²) in [7, 11) is 0. The van der Waals surface area contributed by atoms with E-state index in [1.54, 1.807) is 0 Å². The van der Waals surface area contributed by atoms with Gasteiger partial charge < -0.3 is 5.73 Å². The van der Waals surface area contributed by atoms with E-state index >= 15 is 0 Å². The van der Waals surface area contributed by atoms with Crippen molar-refractivity contribution in [1.29, 1.82) is 0 Å². The van der Waals surface area contributed by atoms with Crippen LogP contribution >= 0.6 is 15.9 Å². The van der Waals surface area contributed by atoms with Gasteiger partial charge in [-0.05, 0) is 30.0 Å². The molecule has 2 atom stereocenters. The summed E-state index contributed by atoms with van der Waals surface area (Å²) < 4.78 is 1.15. The molecule has 0 spiro atoms. The van der Waals surface area contributed by atoms with E-state index < -0.39 is 0 Å². The van der Waals surface area contributed by atoms with Crippen LogP contribution in [-0.2, 0) is 0 Å². The van der Waals surface area contributed by atoms with Crippen LogP contribution in [0.3, 0.4) is 0 Å². The molecular formula is C12H16BrN. The van der Waals surface area contributed by atoms with Gasteiger partial charge in [-0.15, -0.1) is 0 Å². The molecule has 0 heterocycles. The van der Waals surface area contributed by atoms with Gasteiger partial charge in [-0.1, -0.05) is 41.9 Å². The number of halogens is 1. The SMILES string of the molecule is CC(C)C1(N)CC1c1cccc(Br)c1. The highest BCUT2D eigenvalue weighted by Gasteiger charge is 2.53. The van der Waals surface area contributed by atoms with Crippen LogP contribution in [0.4, 0.5) is 0 Å². The van der Waals surface area contributed by atoms with Crippen molar-refractivity contribution in [2.24, 2.45) is 11.7 Å². The molecule has 0 aromatic heterocycles.